The summed E-state index contributed by atoms with van der Waals surface area (Å²) in [5.41, 5.74) is 1.89. The van der Waals surface area contributed by atoms with Crippen LogP contribution in [-0.4, -0.2) is 12.9 Å². The maximum atomic E-state index is 12.4. The number of hydrogen-bond acceptors (Lipinski definition) is 2. The lowest BCUT2D eigenvalue weighted by atomic mass is 9.99. The van der Waals surface area contributed by atoms with Gasteiger partial charge in [0, 0.05) is 16.1 Å². The summed E-state index contributed by atoms with van der Waals surface area (Å²) in [7, 11) is 1.59. The van der Waals surface area contributed by atoms with Crippen LogP contribution in [0.3, 0.4) is 0 Å². The molecule has 0 spiro atoms. The summed E-state index contributed by atoms with van der Waals surface area (Å²) in [6, 6.07) is 10.2. The number of benzene rings is 2. The van der Waals surface area contributed by atoms with Gasteiger partial charge in [0.25, 0.3) is 0 Å². The molecule has 19 heavy (non-hydrogen) atoms. The van der Waals surface area contributed by atoms with Crippen molar-refractivity contribution in [1.82, 2.24) is 0 Å². The summed E-state index contributed by atoms with van der Waals surface area (Å²) in [4.78, 5) is 12.4. The first-order chi connectivity index (χ1) is 9.02. The SMILES string of the molecule is COc1ccc(C(=O)c2ccc(Cl)cc2Cl)c(C)c1. The Balaban J connectivity index is 2.44. The molecule has 0 aliphatic carbocycles. The summed E-state index contributed by atoms with van der Waals surface area (Å²) in [6.07, 6.45) is 0. The molecule has 0 aromatic heterocycles. The van der Waals surface area contributed by atoms with Crippen LogP contribution in [0, 0.1) is 6.92 Å². The van der Waals surface area contributed by atoms with Crippen molar-refractivity contribution in [2.45, 2.75) is 6.92 Å². The molecule has 2 aromatic rings. The van der Waals surface area contributed by atoms with Crippen molar-refractivity contribution < 1.29 is 9.53 Å². The third-order valence-corrected chi connectivity index (χ3v) is 3.40. The van der Waals surface area contributed by atoms with Crippen LogP contribution < -0.4 is 4.74 Å². The Kier molecular flexibility index (Phi) is 4.13. The lowest BCUT2D eigenvalue weighted by Crippen LogP contribution is -2.04. The Labute approximate surface area is 121 Å². The zero-order valence-corrected chi connectivity index (χ0v) is 12.0. The second kappa shape index (κ2) is 5.64. The smallest absolute Gasteiger partial charge is 0.194 e. The maximum Gasteiger partial charge on any atom is 0.194 e. The highest BCUT2D eigenvalue weighted by Gasteiger charge is 2.15. The van der Waals surface area contributed by atoms with E-state index in [0.717, 1.165) is 11.3 Å². The third kappa shape index (κ3) is 2.91. The molecule has 0 radical (unpaired) electrons. The first-order valence-corrected chi connectivity index (χ1v) is 6.43. The van der Waals surface area contributed by atoms with Gasteiger partial charge in [0.2, 0.25) is 0 Å². The van der Waals surface area contributed by atoms with Gasteiger partial charge in [0.1, 0.15) is 5.75 Å². The molecule has 98 valence electrons. The molecular weight excluding hydrogens is 283 g/mol. The van der Waals surface area contributed by atoms with Crippen molar-refractivity contribution in [3.63, 3.8) is 0 Å². The summed E-state index contributed by atoms with van der Waals surface area (Å²) >= 11 is 11.9. The fourth-order valence-corrected chi connectivity index (χ4v) is 2.33. The highest BCUT2D eigenvalue weighted by Crippen LogP contribution is 2.25. The molecule has 2 nitrogen and oxygen atoms in total. The fraction of sp³-hybridized carbons (Fsp3) is 0.133. The van der Waals surface area contributed by atoms with E-state index in [1.165, 1.54) is 0 Å². The van der Waals surface area contributed by atoms with Crippen LogP contribution in [-0.2, 0) is 0 Å². The average Bonchev–Trinajstić information content (AvgIpc) is 2.37. The van der Waals surface area contributed by atoms with E-state index in [1.807, 2.05) is 13.0 Å². The van der Waals surface area contributed by atoms with Crippen LogP contribution in [0.2, 0.25) is 10.0 Å². The van der Waals surface area contributed by atoms with E-state index in [0.29, 0.717) is 21.2 Å². The van der Waals surface area contributed by atoms with E-state index in [-0.39, 0.29) is 5.78 Å². The van der Waals surface area contributed by atoms with Gasteiger partial charge in [-0.25, -0.2) is 0 Å². The van der Waals surface area contributed by atoms with Crippen molar-refractivity contribution in [3.05, 3.63) is 63.1 Å². The number of ketones is 1. The molecule has 0 bridgehead atoms. The Hall–Kier alpha value is -1.51. The van der Waals surface area contributed by atoms with E-state index in [4.69, 9.17) is 27.9 Å². The Bertz CT molecular complexity index is 636. The molecule has 0 fully saturated rings. The second-order valence-corrected chi connectivity index (χ2v) is 4.98. The molecule has 0 unspecified atom stereocenters. The minimum atomic E-state index is -0.123. The van der Waals surface area contributed by atoms with Crippen molar-refractivity contribution >= 4 is 29.0 Å². The number of carbonyl (C=O) groups is 1. The number of methoxy groups -OCH3 is 1. The molecule has 2 aromatic carbocycles. The van der Waals surface area contributed by atoms with Crippen LogP contribution >= 0.6 is 23.2 Å². The van der Waals surface area contributed by atoms with Gasteiger partial charge in [-0.2, -0.15) is 0 Å². The summed E-state index contributed by atoms with van der Waals surface area (Å²) in [5.74, 6) is 0.595. The fourth-order valence-electron chi connectivity index (χ4n) is 1.84. The van der Waals surface area contributed by atoms with E-state index in [9.17, 15) is 4.79 Å². The molecule has 0 N–H and O–H groups in total. The molecule has 2 rings (SSSR count). The first-order valence-electron chi connectivity index (χ1n) is 5.67. The number of carbonyl (C=O) groups excluding carboxylic acids is 1. The summed E-state index contributed by atoms with van der Waals surface area (Å²) in [5, 5.41) is 0.862. The van der Waals surface area contributed by atoms with Gasteiger partial charge in [-0.05, 0) is 48.9 Å². The molecule has 0 amide bonds. The maximum absolute atomic E-state index is 12.4. The molecule has 0 saturated carbocycles. The van der Waals surface area contributed by atoms with Crippen LogP contribution in [0.5, 0.6) is 5.75 Å². The molecule has 0 saturated heterocycles. The van der Waals surface area contributed by atoms with Crippen LogP contribution in [0.15, 0.2) is 36.4 Å². The Morgan fingerprint density at radius 2 is 1.74 bits per heavy atom. The van der Waals surface area contributed by atoms with Crippen molar-refractivity contribution in [2.75, 3.05) is 7.11 Å². The Morgan fingerprint density at radius 3 is 2.32 bits per heavy atom. The normalized spacial score (nSPS) is 10.3. The van der Waals surface area contributed by atoms with E-state index >= 15 is 0 Å². The molecular formula is C15H12Cl2O2. The van der Waals surface area contributed by atoms with E-state index in [2.05, 4.69) is 0 Å². The number of ether oxygens (including phenoxy) is 1. The minimum Gasteiger partial charge on any atom is -0.497 e. The van der Waals surface area contributed by atoms with Gasteiger partial charge in [0.15, 0.2) is 5.78 Å². The first kappa shape index (κ1) is 13.9. The van der Waals surface area contributed by atoms with Crippen molar-refractivity contribution in [1.29, 1.82) is 0 Å². The topological polar surface area (TPSA) is 26.3 Å². The zero-order chi connectivity index (χ0) is 14.0. The van der Waals surface area contributed by atoms with E-state index < -0.39 is 0 Å². The molecule has 4 heteroatoms. The Morgan fingerprint density at radius 1 is 1.05 bits per heavy atom. The average molecular weight is 295 g/mol. The predicted molar refractivity (Wildman–Crippen MR) is 77.6 cm³/mol. The van der Waals surface area contributed by atoms with E-state index in [1.54, 1.807) is 37.4 Å². The quantitative estimate of drug-likeness (QED) is 0.777. The number of hydrogen-bond donors (Lipinski definition) is 0. The second-order valence-electron chi connectivity index (χ2n) is 4.13. The van der Waals surface area contributed by atoms with Gasteiger partial charge in [0.05, 0.1) is 12.1 Å². The third-order valence-electron chi connectivity index (χ3n) is 2.85. The lowest BCUT2D eigenvalue weighted by molar-refractivity contribution is 0.103. The standard InChI is InChI=1S/C15H12Cl2O2/c1-9-7-11(19-2)4-6-12(9)15(18)13-5-3-10(16)8-14(13)17/h3-8H,1-2H3. The van der Waals surface area contributed by atoms with Crippen LogP contribution in [0.25, 0.3) is 0 Å². The van der Waals surface area contributed by atoms with Crippen LogP contribution in [0.4, 0.5) is 0 Å². The number of halogens is 2. The van der Waals surface area contributed by atoms with Crippen LogP contribution in [0.1, 0.15) is 21.5 Å². The number of rotatable bonds is 3. The van der Waals surface area contributed by atoms with Crippen molar-refractivity contribution in [2.24, 2.45) is 0 Å². The zero-order valence-electron chi connectivity index (χ0n) is 10.5. The molecule has 0 aliphatic rings. The van der Waals surface area contributed by atoms with Crippen molar-refractivity contribution in [3.8, 4) is 5.75 Å². The van der Waals surface area contributed by atoms with Gasteiger partial charge in [-0.1, -0.05) is 23.2 Å². The predicted octanol–water partition coefficient (Wildman–Crippen LogP) is 4.54. The highest BCUT2D eigenvalue weighted by molar-refractivity contribution is 6.37. The highest BCUT2D eigenvalue weighted by atomic mass is 35.5. The van der Waals surface area contributed by atoms with Gasteiger partial charge in [-0.15, -0.1) is 0 Å². The van der Waals surface area contributed by atoms with Gasteiger partial charge < -0.3 is 4.74 Å². The van der Waals surface area contributed by atoms with Gasteiger partial charge >= 0.3 is 0 Å². The molecule has 0 aliphatic heterocycles. The summed E-state index contributed by atoms with van der Waals surface area (Å²) < 4.78 is 5.12. The summed E-state index contributed by atoms with van der Waals surface area (Å²) in [6.45, 7) is 1.86. The number of aryl methyl sites for hydroxylation is 1. The molecule has 0 heterocycles. The monoisotopic (exact) mass is 294 g/mol. The minimum absolute atomic E-state index is 0.123. The lowest BCUT2D eigenvalue weighted by Gasteiger charge is -2.08. The van der Waals surface area contributed by atoms with Gasteiger partial charge in [-0.3, -0.25) is 4.79 Å². The molecule has 0 atom stereocenters. The largest absolute Gasteiger partial charge is 0.497 e.